The highest BCUT2D eigenvalue weighted by Gasteiger charge is 2.54. The molecular formula is C21H22BrNO4. The second-order valence-electron chi connectivity index (χ2n) is 6.64. The number of carboxylic acids is 1. The Labute approximate surface area is 167 Å². The summed E-state index contributed by atoms with van der Waals surface area (Å²) >= 11 is 3.42. The molecule has 1 aliphatic rings. The van der Waals surface area contributed by atoms with Gasteiger partial charge in [0.2, 0.25) is 0 Å². The van der Waals surface area contributed by atoms with E-state index < -0.39 is 17.7 Å². The molecule has 2 aromatic rings. The van der Waals surface area contributed by atoms with Crippen molar-refractivity contribution in [3.05, 3.63) is 69.7 Å². The van der Waals surface area contributed by atoms with Gasteiger partial charge in [-0.3, -0.25) is 0 Å². The van der Waals surface area contributed by atoms with Gasteiger partial charge in [0.05, 0.1) is 12.3 Å². The standard InChI is InChI=1S/C21H22BrNO4/c1-3-18-12-21(20(24)25,27-23-18)19(15-8-10-17(22)11-9-15)26-13-16-7-5-4-6-14(16)2/h4-11,19H,3,12-13H2,1-2H3,(H,24,25). The van der Waals surface area contributed by atoms with Gasteiger partial charge >= 0.3 is 5.97 Å². The molecule has 142 valence electrons. The molecule has 0 aromatic heterocycles. The minimum atomic E-state index is -1.57. The predicted molar refractivity (Wildman–Crippen MR) is 107 cm³/mol. The van der Waals surface area contributed by atoms with E-state index in [1.807, 2.05) is 62.4 Å². The van der Waals surface area contributed by atoms with Gasteiger partial charge in [0, 0.05) is 10.9 Å². The molecule has 1 N–H and O–H groups in total. The molecule has 3 rings (SSSR count). The summed E-state index contributed by atoms with van der Waals surface area (Å²) in [5, 5.41) is 14.0. The third kappa shape index (κ3) is 4.06. The topological polar surface area (TPSA) is 68.1 Å². The van der Waals surface area contributed by atoms with Crippen molar-refractivity contribution in [3.63, 3.8) is 0 Å². The summed E-state index contributed by atoms with van der Waals surface area (Å²) < 4.78 is 7.09. The Morgan fingerprint density at radius 3 is 2.59 bits per heavy atom. The highest BCUT2D eigenvalue weighted by Crippen LogP contribution is 2.41. The first-order valence-corrected chi connectivity index (χ1v) is 9.64. The number of benzene rings is 2. The lowest BCUT2D eigenvalue weighted by Crippen LogP contribution is -2.46. The fourth-order valence-electron chi connectivity index (χ4n) is 3.15. The number of hydrogen-bond donors (Lipinski definition) is 1. The van der Waals surface area contributed by atoms with Crippen LogP contribution in [0.5, 0.6) is 0 Å². The second kappa shape index (κ2) is 8.23. The van der Waals surface area contributed by atoms with Crippen LogP contribution in [0.2, 0.25) is 0 Å². The molecule has 0 spiro atoms. The summed E-state index contributed by atoms with van der Waals surface area (Å²) in [6, 6.07) is 15.3. The Balaban J connectivity index is 1.95. The van der Waals surface area contributed by atoms with E-state index in [0.29, 0.717) is 6.42 Å². The molecule has 5 nitrogen and oxygen atoms in total. The number of aryl methyl sites for hydroxylation is 1. The third-order valence-electron chi connectivity index (χ3n) is 4.84. The van der Waals surface area contributed by atoms with E-state index in [-0.39, 0.29) is 13.0 Å². The van der Waals surface area contributed by atoms with Crippen LogP contribution in [-0.4, -0.2) is 22.4 Å². The minimum absolute atomic E-state index is 0.202. The van der Waals surface area contributed by atoms with E-state index in [1.54, 1.807) is 0 Å². The van der Waals surface area contributed by atoms with E-state index >= 15 is 0 Å². The number of ether oxygens (including phenoxy) is 1. The average molecular weight is 432 g/mol. The quantitative estimate of drug-likeness (QED) is 0.667. The first kappa shape index (κ1) is 19.6. The van der Waals surface area contributed by atoms with Crippen molar-refractivity contribution in [2.75, 3.05) is 0 Å². The maximum Gasteiger partial charge on any atom is 0.354 e. The van der Waals surface area contributed by atoms with Crippen LogP contribution in [0.25, 0.3) is 0 Å². The zero-order valence-corrected chi connectivity index (χ0v) is 16.9. The number of rotatable bonds is 7. The van der Waals surface area contributed by atoms with Crippen molar-refractivity contribution in [1.82, 2.24) is 0 Å². The number of oxime groups is 1. The molecule has 2 atom stereocenters. The number of hydrogen-bond acceptors (Lipinski definition) is 4. The Morgan fingerprint density at radius 1 is 1.30 bits per heavy atom. The normalized spacial score (nSPS) is 20.0. The number of nitrogens with zero attached hydrogens (tertiary/aromatic N) is 1. The summed E-state index contributed by atoms with van der Waals surface area (Å²) in [4.78, 5) is 17.8. The van der Waals surface area contributed by atoms with E-state index in [9.17, 15) is 9.90 Å². The maximum atomic E-state index is 12.3. The van der Waals surface area contributed by atoms with Gasteiger partial charge in [0.25, 0.3) is 5.60 Å². The van der Waals surface area contributed by atoms with Crippen molar-refractivity contribution in [2.24, 2.45) is 5.16 Å². The zero-order chi connectivity index (χ0) is 19.4. The van der Waals surface area contributed by atoms with Crippen molar-refractivity contribution < 1.29 is 19.5 Å². The predicted octanol–water partition coefficient (Wildman–Crippen LogP) is 5.03. The van der Waals surface area contributed by atoms with Crippen LogP contribution in [0.1, 0.15) is 42.6 Å². The molecular weight excluding hydrogens is 410 g/mol. The van der Waals surface area contributed by atoms with Crippen LogP contribution in [-0.2, 0) is 21.0 Å². The van der Waals surface area contributed by atoms with E-state index in [1.165, 1.54) is 0 Å². The molecule has 27 heavy (non-hydrogen) atoms. The van der Waals surface area contributed by atoms with Gasteiger partial charge < -0.3 is 14.7 Å². The van der Waals surface area contributed by atoms with Crippen molar-refractivity contribution in [3.8, 4) is 0 Å². The molecule has 0 fully saturated rings. The molecule has 0 amide bonds. The highest BCUT2D eigenvalue weighted by molar-refractivity contribution is 9.10. The number of carboxylic acid groups (broad SMARTS) is 1. The molecule has 0 aliphatic carbocycles. The van der Waals surface area contributed by atoms with Crippen molar-refractivity contribution in [1.29, 1.82) is 0 Å². The van der Waals surface area contributed by atoms with Gasteiger partial charge in [-0.05, 0) is 42.2 Å². The number of halogens is 1. The smallest absolute Gasteiger partial charge is 0.354 e. The van der Waals surface area contributed by atoms with Gasteiger partial charge in [0.1, 0.15) is 6.10 Å². The lowest BCUT2D eigenvalue weighted by molar-refractivity contribution is -0.187. The van der Waals surface area contributed by atoms with Crippen LogP contribution >= 0.6 is 15.9 Å². The average Bonchev–Trinajstić information content (AvgIpc) is 3.10. The fraction of sp³-hybridized carbons (Fsp3) is 0.333. The van der Waals surface area contributed by atoms with E-state index in [2.05, 4.69) is 21.1 Å². The summed E-state index contributed by atoms with van der Waals surface area (Å²) in [6.07, 6.45) is 0.0447. The molecule has 0 bridgehead atoms. The van der Waals surface area contributed by atoms with Crippen LogP contribution in [0, 0.1) is 6.92 Å². The van der Waals surface area contributed by atoms with Gasteiger partial charge in [0.15, 0.2) is 0 Å². The lowest BCUT2D eigenvalue weighted by atomic mass is 9.86. The summed E-state index contributed by atoms with van der Waals surface area (Å²) in [5.74, 6) is -1.08. The third-order valence-corrected chi connectivity index (χ3v) is 5.37. The van der Waals surface area contributed by atoms with Crippen LogP contribution < -0.4 is 0 Å². The first-order valence-electron chi connectivity index (χ1n) is 8.85. The first-order chi connectivity index (χ1) is 13.0. The Morgan fingerprint density at radius 2 is 2.00 bits per heavy atom. The Hall–Kier alpha value is -2.18. The van der Waals surface area contributed by atoms with Gasteiger partial charge in [-0.25, -0.2) is 4.79 Å². The van der Waals surface area contributed by atoms with E-state index in [0.717, 1.165) is 26.9 Å². The van der Waals surface area contributed by atoms with Crippen LogP contribution in [0.4, 0.5) is 0 Å². The molecule has 1 heterocycles. The summed E-state index contributed by atoms with van der Waals surface area (Å²) in [5.41, 5.74) is 1.99. The van der Waals surface area contributed by atoms with Gasteiger partial charge in [-0.15, -0.1) is 0 Å². The molecule has 0 saturated carbocycles. The minimum Gasteiger partial charge on any atom is -0.478 e. The molecule has 1 aliphatic heterocycles. The van der Waals surface area contributed by atoms with Crippen LogP contribution in [0.15, 0.2) is 58.2 Å². The molecule has 0 saturated heterocycles. The highest BCUT2D eigenvalue weighted by atomic mass is 79.9. The second-order valence-corrected chi connectivity index (χ2v) is 7.56. The summed E-state index contributed by atoms with van der Waals surface area (Å²) in [7, 11) is 0. The largest absolute Gasteiger partial charge is 0.478 e. The van der Waals surface area contributed by atoms with Crippen molar-refractivity contribution in [2.45, 2.75) is 45.0 Å². The van der Waals surface area contributed by atoms with Crippen molar-refractivity contribution >= 4 is 27.6 Å². The zero-order valence-electron chi connectivity index (χ0n) is 15.3. The molecule has 6 heteroatoms. The Kier molecular flexibility index (Phi) is 5.97. The fourth-order valence-corrected chi connectivity index (χ4v) is 3.42. The van der Waals surface area contributed by atoms with Crippen LogP contribution in [0.3, 0.4) is 0 Å². The molecule has 0 radical (unpaired) electrons. The molecule has 2 unspecified atom stereocenters. The van der Waals surface area contributed by atoms with E-state index in [4.69, 9.17) is 9.57 Å². The number of aliphatic carboxylic acids is 1. The molecule has 2 aromatic carbocycles. The van der Waals surface area contributed by atoms with Gasteiger partial charge in [-0.1, -0.05) is 64.4 Å². The number of carbonyl (C=O) groups is 1. The summed E-state index contributed by atoms with van der Waals surface area (Å²) in [6.45, 7) is 4.22. The lowest BCUT2D eigenvalue weighted by Gasteiger charge is -2.31. The van der Waals surface area contributed by atoms with Gasteiger partial charge in [-0.2, -0.15) is 0 Å². The monoisotopic (exact) mass is 431 g/mol. The maximum absolute atomic E-state index is 12.3. The Bertz CT molecular complexity index is 850. The SMILES string of the molecule is CCC1=NOC(C(=O)O)(C(OCc2ccccc2C)c2ccc(Br)cc2)C1.